The number of amides is 1. The van der Waals surface area contributed by atoms with Gasteiger partial charge in [0.25, 0.3) is 5.91 Å². The fourth-order valence-corrected chi connectivity index (χ4v) is 4.15. The van der Waals surface area contributed by atoms with Gasteiger partial charge in [0.05, 0.1) is 30.6 Å². The summed E-state index contributed by atoms with van der Waals surface area (Å²) in [7, 11) is 1.40. The van der Waals surface area contributed by atoms with Gasteiger partial charge in [-0.2, -0.15) is 13.2 Å². The third-order valence-corrected chi connectivity index (χ3v) is 5.96. The molecule has 9 nitrogen and oxygen atoms in total. The molecular formula is C29H27F3N4O5. The maximum absolute atomic E-state index is 13.1. The second-order valence-electron chi connectivity index (χ2n) is 8.74. The number of rotatable bonds is 9. The Hall–Kier alpha value is -5.00. The number of anilines is 1. The highest BCUT2D eigenvalue weighted by atomic mass is 19.4. The van der Waals surface area contributed by atoms with Crippen LogP contribution < -0.4 is 25.8 Å². The number of nitrogens with zero attached hydrogens (tertiary/aromatic N) is 1. The van der Waals surface area contributed by atoms with Crippen molar-refractivity contribution < 1.29 is 37.0 Å². The summed E-state index contributed by atoms with van der Waals surface area (Å²) in [6.07, 6.45) is -4.54. The Kier molecular flexibility index (Phi) is 8.81. The lowest BCUT2D eigenvalue weighted by Gasteiger charge is -2.26. The van der Waals surface area contributed by atoms with E-state index in [2.05, 4.69) is 15.6 Å². The molecule has 1 aliphatic rings. The van der Waals surface area contributed by atoms with E-state index in [1.165, 1.54) is 25.3 Å². The van der Waals surface area contributed by atoms with E-state index in [-0.39, 0.29) is 35.3 Å². The minimum Gasteiger partial charge on any atom is -0.493 e. The molecule has 4 rings (SSSR count). The number of nitrogens with one attached hydrogen (secondary N) is 2. The molecule has 3 aromatic carbocycles. The van der Waals surface area contributed by atoms with Gasteiger partial charge in [0.15, 0.2) is 24.1 Å². The molecule has 0 fully saturated rings. The maximum atomic E-state index is 13.1. The molecule has 0 saturated carbocycles. The number of carbonyl (C=O) groups is 2. The Morgan fingerprint density at radius 3 is 2.46 bits per heavy atom. The number of methoxy groups -OCH3 is 1. The molecule has 0 aromatic heterocycles. The van der Waals surface area contributed by atoms with E-state index >= 15 is 0 Å². The predicted molar refractivity (Wildman–Crippen MR) is 146 cm³/mol. The van der Waals surface area contributed by atoms with Crippen molar-refractivity contribution in [2.75, 3.05) is 25.6 Å². The van der Waals surface area contributed by atoms with E-state index in [1.807, 2.05) is 30.3 Å². The minimum atomic E-state index is -4.54. The molecule has 0 spiro atoms. The van der Waals surface area contributed by atoms with Crippen molar-refractivity contribution in [1.29, 1.82) is 0 Å². The van der Waals surface area contributed by atoms with Crippen LogP contribution in [0.4, 0.5) is 18.9 Å². The number of alkyl halides is 3. The van der Waals surface area contributed by atoms with Gasteiger partial charge in [-0.3, -0.25) is 4.79 Å². The number of aliphatic imine (C=N–C) groups is 1. The zero-order chi connectivity index (χ0) is 29.6. The second kappa shape index (κ2) is 12.5. The first kappa shape index (κ1) is 29.0. The number of guanidine groups is 1. The molecule has 0 radical (unpaired) electrons. The molecule has 3 aromatic rings. The van der Waals surface area contributed by atoms with Crippen LogP contribution >= 0.6 is 0 Å². The number of ether oxygens (including phenoxy) is 3. The molecule has 41 heavy (non-hydrogen) atoms. The molecule has 4 N–H and O–H groups in total. The van der Waals surface area contributed by atoms with Crippen LogP contribution in [0.5, 0.6) is 11.5 Å². The third-order valence-electron chi connectivity index (χ3n) is 5.96. The first-order valence-electron chi connectivity index (χ1n) is 12.5. The van der Waals surface area contributed by atoms with E-state index < -0.39 is 36.3 Å². The zero-order valence-corrected chi connectivity index (χ0v) is 22.1. The van der Waals surface area contributed by atoms with E-state index in [4.69, 9.17) is 19.9 Å². The van der Waals surface area contributed by atoms with E-state index in [1.54, 1.807) is 19.1 Å². The first-order chi connectivity index (χ1) is 19.6. The van der Waals surface area contributed by atoms with Crippen molar-refractivity contribution in [3.63, 3.8) is 0 Å². The van der Waals surface area contributed by atoms with E-state index in [9.17, 15) is 22.8 Å². The topological polar surface area (TPSA) is 124 Å². The van der Waals surface area contributed by atoms with Crippen molar-refractivity contribution >= 4 is 29.2 Å². The Morgan fingerprint density at radius 2 is 1.78 bits per heavy atom. The highest BCUT2D eigenvalue weighted by molar-refractivity contribution is 6.04. The number of halogens is 3. The Bertz CT molecular complexity index is 1490. The van der Waals surface area contributed by atoms with Crippen LogP contribution in [0.1, 0.15) is 29.7 Å². The number of benzene rings is 3. The molecule has 0 saturated heterocycles. The molecule has 1 heterocycles. The zero-order valence-electron chi connectivity index (χ0n) is 22.1. The van der Waals surface area contributed by atoms with Crippen LogP contribution in [-0.2, 0) is 20.5 Å². The number of carbonyl (C=O) groups excluding carboxylic acids is 2. The summed E-state index contributed by atoms with van der Waals surface area (Å²) < 4.78 is 55.3. The van der Waals surface area contributed by atoms with Crippen molar-refractivity contribution in [1.82, 2.24) is 5.32 Å². The summed E-state index contributed by atoms with van der Waals surface area (Å²) in [4.78, 5) is 29.9. The highest BCUT2D eigenvalue weighted by Gasteiger charge is 2.33. The first-order valence-corrected chi connectivity index (χ1v) is 12.5. The summed E-state index contributed by atoms with van der Waals surface area (Å²) in [5, 5.41) is 5.35. The van der Waals surface area contributed by atoms with Gasteiger partial charge in [-0.15, -0.1) is 0 Å². The van der Waals surface area contributed by atoms with Crippen LogP contribution in [-0.4, -0.2) is 38.2 Å². The van der Waals surface area contributed by atoms with Gasteiger partial charge >= 0.3 is 12.1 Å². The molecular weight excluding hydrogens is 541 g/mol. The lowest BCUT2D eigenvalue weighted by molar-refractivity contribution is -0.139. The van der Waals surface area contributed by atoms with Gasteiger partial charge in [-0.1, -0.05) is 42.5 Å². The smallest absolute Gasteiger partial charge is 0.416 e. The normalized spacial score (nSPS) is 15.0. The van der Waals surface area contributed by atoms with Gasteiger partial charge in [-0.05, 0) is 48.4 Å². The van der Waals surface area contributed by atoms with Gasteiger partial charge in [-0.25, -0.2) is 9.79 Å². The van der Waals surface area contributed by atoms with Crippen molar-refractivity contribution in [3.05, 3.63) is 95.1 Å². The summed E-state index contributed by atoms with van der Waals surface area (Å²) in [5.41, 5.74) is 7.11. The molecule has 1 aliphatic heterocycles. The van der Waals surface area contributed by atoms with E-state index in [0.717, 1.165) is 12.1 Å². The number of hydrogen-bond acceptors (Lipinski definition) is 8. The van der Waals surface area contributed by atoms with E-state index in [0.29, 0.717) is 16.8 Å². The maximum Gasteiger partial charge on any atom is 0.416 e. The van der Waals surface area contributed by atoms with Crippen molar-refractivity contribution in [2.24, 2.45) is 10.7 Å². The average Bonchev–Trinajstić information content (AvgIpc) is 2.95. The molecule has 1 atom stereocenters. The SMILES string of the molecule is CCOC(=O)C1=C(c2ccccc2)NC(N)=NC1c1ccc(OCC(=O)Nc2cccc(C(F)(F)F)c2)c(OC)c1. The third kappa shape index (κ3) is 6.96. The van der Waals surface area contributed by atoms with Crippen LogP contribution in [0.3, 0.4) is 0 Å². The molecule has 0 bridgehead atoms. The van der Waals surface area contributed by atoms with Crippen molar-refractivity contribution in [3.8, 4) is 11.5 Å². The number of hydrogen-bond donors (Lipinski definition) is 3. The second-order valence-corrected chi connectivity index (χ2v) is 8.74. The molecule has 1 amide bonds. The van der Waals surface area contributed by atoms with Crippen LogP contribution in [0, 0.1) is 0 Å². The predicted octanol–water partition coefficient (Wildman–Crippen LogP) is 4.66. The summed E-state index contributed by atoms with van der Waals surface area (Å²) >= 11 is 0. The average molecular weight is 569 g/mol. The summed E-state index contributed by atoms with van der Waals surface area (Å²) in [6, 6.07) is 17.3. The molecule has 12 heteroatoms. The van der Waals surface area contributed by atoms with Crippen LogP contribution in [0.25, 0.3) is 5.70 Å². The van der Waals surface area contributed by atoms with Crippen LogP contribution in [0.15, 0.2) is 83.4 Å². The number of esters is 1. The molecule has 1 unspecified atom stereocenters. The molecule has 0 aliphatic carbocycles. The number of nitrogens with two attached hydrogens (primary N) is 1. The standard InChI is InChI=1S/C29H27F3N4O5/c1-3-40-27(38)24-25(17-8-5-4-6-9-17)35-28(33)36-26(24)18-12-13-21(22(14-18)39-2)41-16-23(37)34-20-11-7-10-19(15-20)29(30,31)32/h4-15,26H,3,16H2,1-2H3,(H,34,37)(H3,33,35,36). The fraction of sp³-hybridized carbons (Fsp3) is 0.207. The lowest BCUT2D eigenvalue weighted by Crippen LogP contribution is -2.37. The summed E-state index contributed by atoms with van der Waals surface area (Å²) in [6.45, 7) is 1.34. The van der Waals surface area contributed by atoms with Gasteiger partial charge in [0, 0.05) is 5.69 Å². The monoisotopic (exact) mass is 568 g/mol. The Morgan fingerprint density at radius 1 is 1.02 bits per heavy atom. The van der Waals surface area contributed by atoms with Gasteiger partial charge in [0.1, 0.15) is 6.04 Å². The lowest BCUT2D eigenvalue weighted by atomic mass is 9.93. The quantitative estimate of drug-likeness (QED) is 0.321. The van der Waals surface area contributed by atoms with Gasteiger partial charge in [0.2, 0.25) is 0 Å². The van der Waals surface area contributed by atoms with Gasteiger partial charge < -0.3 is 30.6 Å². The van der Waals surface area contributed by atoms with Crippen molar-refractivity contribution in [2.45, 2.75) is 19.1 Å². The Balaban J connectivity index is 1.57. The Labute approximate surface area is 233 Å². The fourth-order valence-electron chi connectivity index (χ4n) is 4.15. The molecule has 214 valence electrons. The van der Waals surface area contributed by atoms with Crippen LogP contribution in [0.2, 0.25) is 0 Å². The minimum absolute atomic E-state index is 0.0235. The highest BCUT2D eigenvalue weighted by Crippen LogP contribution is 2.38. The largest absolute Gasteiger partial charge is 0.493 e. The summed E-state index contributed by atoms with van der Waals surface area (Å²) in [5.74, 6) is -0.748.